The van der Waals surface area contributed by atoms with Gasteiger partial charge in [-0.05, 0) is 12.5 Å². The number of rotatable bonds is 15. The molecular weight excluding hydrogens is 414 g/mol. The van der Waals surface area contributed by atoms with E-state index in [1.54, 1.807) is 0 Å². The Morgan fingerprint density at radius 3 is 2.25 bits per heavy atom. The first-order valence-electron chi connectivity index (χ1n) is 12.0. The third kappa shape index (κ3) is 8.52. The Morgan fingerprint density at radius 2 is 1.66 bits per heavy atom. The molecule has 2 rings (SSSR count). The second kappa shape index (κ2) is 14.2. The summed E-state index contributed by atoms with van der Waals surface area (Å²) in [6, 6.07) is 1.39. The van der Waals surface area contributed by atoms with Gasteiger partial charge < -0.3 is 25.4 Å². The van der Waals surface area contributed by atoms with Gasteiger partial charge in [0.1, 0.15) is 30.7 Å². The number of aliphatic hydroxyl groups is 2. The summed E-state index contributed by atoms with van der Waals surface area (Å²) in [5.41, 5.74) is 4.76. The van der Waals surface area contributed by atoms with Crippen molar-refractivity contribution in [2.45, 2.75) is 109 Å². The van der Waals surface area contributed by atoms with Gasteiger partial charge in [0.15, 0.2) is 6.23 Å². The molecular formula is C23H39N3O6. The zero-order chi connectivity index (χ0) is 23.3. The summed E-state index contributed by atoms with van der Waals surface area (Å²) in [6.45, 7) is 2.04. The lowest BCUT2D eigenvalue weighted by Crippen LogP contribution is -2.36. The molecule has 0 aliphatic carbocycles. The lowest BCUT2D eigenvalue weighted by atomic mass is 10.1. The topological polar surface area (TPSA) is 137 Å². The van der Waals surface area contributed by atoms with Crippen LogP contribution in [-0.4, -0.2) is 50.7 Å². The minimum absolute atomic E-state index is 0.0483. The Balaban J connectivity index is 1.58. The van der Waals surface area contributed by atoms with Gasteiger partial charge in [0.25, 0.3) is 0 Å². The van der Waals surface area contributed by atoms with Crippen LogP contribution in [0.2, 0.25) is 0 Å². The molecule has 0 aromatic carbocycles. The Morgan fingerprint density at radius 1 is 1.06 bits per heavy atom. The first-order chi connectivity index (χ1) is 15.4. The molecule has 0 radical (unpaired) electrons. The average Bonchev–Trinajstić information content (AvgIpc) is 3.04. The summed E-state index contributed by atoms with van der Waals surface area (Å²) in [7, 11) is 0. The van der Waals surface area contributed by atoms with Crippen molar-refractivity contribution in [2.75, 3.05) is 12.3 Å². The highest BCUT2D eigenvalue weighted by Gasteiger charge is 2.44. The fourth-order valence-electron chi connectivity index (χ4n) is 3.90. The molecule has 1 aliphatic rings. The molecule has 1 aromatic rings. The zero-order valence-electron chi connectivity index (χ0n) is 19.2. The second-order valence-corrected chi connectivity index (χ2v) is 8.56. The maximum absolute atomic E-state index is 12.0. The normalized spacial score (nSPS) is 22.8. The van der Waals surface area contributed by atoms with Crippen LogP contribution in [0.5, 0.6) is 0 Å². The number of anilines is 1. The Bertz CT molecular complexity index is 741. The second-order valence-electron chi connectivity index (χ2n) is 8.56. The van der Waals surface area contributed by atoms with Gasteiger partial charge in [-0.2, -0.15) is 4.98 Å². The molecule has 1 fully saturated rings. The standard InChI is InChI=1S/C23H39N3O6/c1-2-3-4-5-6-7-8-9-10-11-12-13-19(27)31-16-17-20(28)21(29)22(32-17)26-15-14-18(24)25-23(26)30/h14-15,17,20-22,28-29H,2-13,16H2,1H3,(H2,24,25,30)/t17-,20-,21-,22-/m1/s1. The highest BCUT2D eigenvalue weighted by atomic mass is 16.6. The van der Waals surface area contributed by atoms with E-state index in [1.807, 2.05) is 0 Å². The van der Waals surface area contributed by atoms with Crippen LogP contribution in [0, 0.1) is 0 Å². The fourth-order valence-corrected chi connectivity index (χ4v) is 3.90. The minimum atomic E-state index is -1.35. The SMILES string of the molecule is CCCCCCCCCCCCCC(=O)OC[C@H]1O[C@@H](n2ccc(N)nc2=O)[C@H](O)[C@@H]1O. The van der Waals surface area contributed by atoms with Crippen LogP contribution in [0.3, 0.4) is 0 Å². The minimum Gasteiger partial charge on any atom is -0.463 e. The number of ether oxygens (including phenoxy) is 2. The van der Waals surface area contributed by atoms with Crippen LogP contribution < -0.4 is 11.4 Å². The quantitative estimate of drug-likeness (QED) is 0.272. The molecule has 1 aliphatic heterocycles. The lowest BCUT2D eigenvalue weighted by Gasteiger charge is -2.16. The summed E-state index contributed by atoms with van der Waals surface area (Å²) in [5.74, 6) is -0.312. The van der Waals surface area contributed by atoms with Crippen molar-refractivity contribution in [3.8, 4) is 0 Å². The summed E-state index contributed by atoms with van der Waals surface area (Å²) >= 11 is 0. The largest absolute Gasteiger partial charge is 0.463 e. The summed E-state index contributed by atoms with van der Waals surface area (Å²) < 4.78 is 11.8. The molecule has 9 heteroatoms. The summed E-state index contributed by atoms with van der Waals surface area (Å²) in [6.07, 6.45) is 10.2. The molecule has 1 saturated heterocycles. The van der Waals surface area contributed by atoms with Crippen molar-refractivity contribution in [1.82, 2.24) is 9.55 Å². The van der Waals surface area contributed by atoms with E-state index in [1.165, 1.54) is 63.6 Å². The monoisotopic (exact) mass is 453 g/mol. The van der Waals surface area contributed by atoms with Crippen molar-refractivity contribution >= 4 is 11.8 Å². The van der Waals surface area contributed by atoms with E-state index in [0.717, 1.165) is 23.8 Å². The van der Waals surface area contributed by atoms with Gasteiger partial charge in [-0.25, -0.2) is 4.79 Å². The number of esters is 1. The number of nitrogens with two attached hydrogens (primary N) is 1. The number of hydrogen-bond acceptors (Lipinski definition) is 8. The van der Waals surface area contributed by atoms with E-state index in [9.17, 15) is 19.8 Å². The molecule has 0 spiro atoms. The molecule has 0 amide bonds. The number of carbonyl (C=O) groups is 1. The summed E-state index contributed by atoms with van der Waals surface area (Å²) in [5, 5.41) is 20.4. The van der Waals surface area contributed by atoms with Crippen molar-refractivity contribution in [3.05, 3.63) is 22.7 Å². The third-order valence-corrected chi connectivity index (χ3v) is 5.86. The zero-order valence-corrected chi connectivity index (χ0v) is 19.2. The predicted molar refractivity (Wildman–Crippen MR) is 121 cm³/mol. The van der Waals surface area contributed by atoms with Crippen molar-refractivity contribution < 1.29 is 24.5 Å². The van der Waals surface area contributed by atoms with E-state index in [-0.39, 0.29) is 18.4 Å². The summed E-state index contributed by atoms with van der Waals surface area (Å²) in [4.78, 5) is 27.5. The van der Waals surface area contributed by atoms with Gasteiger partial charge in [0.05, 0.1) is 0 Å². The molecule has 0 bridgehead atoms. The van der Waals surface area contributed by atoms with E-state index in [2.05, 4.69) is 11.9 Å². The van der Waals surface area contributed by atoms with Gasteiger partial charge in [-0.1, -0.05) is 71.1 Å². The molecule has 182 valence electrons. The number of nitrogens with zero attached hydrogens (tertiary/aromatic N) is 2. The highest BCUT2D eigenvalue weighted by Crippen LogP contribution is 2.28. The molecule has 0 saturated carbocycles. The third-order valence-electron chi connectivity index (χ3n) is 5.86. The van der Waals surface area contributed by atoms with E-state index in [4.69, 9.17) is 15.2 Å². The van der Waals surface area contributed by atoms with Crippen LogP contribution in [-0.2, 0) is 14.3 Å². The molecule has 1 aromatic heterocycles. The van der Waals surface area contributed by atoms with Crippen LogP contribution in [0.15, 0.2) is 17.1 Å². The highest BCUT2D eigenvalue weighted by molar-refractivity contribution is 5.69. The maximum atomic E-state index is 12.0. The molecule has 0 unspecified atom stereocenters. The van der Waals surface area contributed by atoms with Gasteiger partial charge in [0, 0.05) is 12.6 Å². The van der Waals surface area contributed by atoms with E-state index in [0.29, 0.717) is 6.42 Å². The van der Waals surface area contributed by atoms with Crippen LogP contribution >= 0.6 is 0 Å². The van der Waals surface area contributed by atoms with Crippen LogP contribution in [0.4, 0.5) is 5.82 Å². The Kier molecular flexibility index (Phi) is 11.7. The first-order valence-corrected chi connectivity index (χ1v) is 12.0. The molecule has 9 nitrogen and oxygen atoms in total. The number of aromatic nitrogens is 2. The predicted octanol–water partition coefficient (Wildman–Crippen LogP) is 2.69. The van der Waals surface area contributed by atoms with Crippen molar-refractivity contribution in [1.29, 1.82) is 0 Å². The molecule has 32 heavy (non-hydrogen) atoms. The van der Waals surface area contributed by atoms with Gasteiger partial charge in [0.2, 0.25) is 0 Å². The van der Waals surface area contributed by atoms with Crippen molar-refractivity contribution in [3.63, 3.8) is 0 Å². The number of aliphatic hydroxyl groups excluding tert-OH is 2. The number of nitrogen functional groups attached to an aromatic ring is 1. The number of unbranched alkanes of at least 4 members (excludes halogenated alkanes) is 10. The Hall–Kier alpha value is -1.97. The average molecular weight is 454 g/mol. The first kappa shape index (κ1) is 26.3. The smallest absolute Gasteiger partial charge is 0.351 e. The van der Waals surface area contributed by atoms with Gasteiger partial charge >= 0.3 is 11.7 Å². The van der Waals surface area contributed by atoms with E-state index >= 15 is 0 Å². The lowest BCUT2D eigenvalue weighted by molar-refractivity contribution is -0.150. The van der Waals surface area contributed by atoms with Crippen molar-refractivity contribution in [2.24, 2.45) is 0 Å². The van der Waals surface area contributed by atoms with Gasteiger partial charge in [-0.15, -0.1) is 0 Å². The van der Waals surface area contributed by atoms with E-state index < -0.39 is 30.2 Å². The van der Waals surface area contributed by atoms with Crippen LogP contribution in [0.1, 0.15) is 90.2 Å². The Labute approximate surface area is 189 Å². The maximum Gasteiger partial charge on any atom is 0.351 e. The van der Waals surface area contributed by atoms with Gasteiger partial charge in [-0.3, -0.25) is 9.36 Å². The molecule has 2 heterocycles. The van der Waals surface area contributed by atoms with Crippen LogP contribution in [0.25, 0.3) is 0 Å². The molecule has 4 N–H and O–H groups in total. The number of carbonyl (C=O) groups excluding carboxylic acids is 1. The molecule has 4 atom stereocenters. The fraction of sp³-hybridized carbons (Fsp3) is 0.783. The number of hydrogen-bond donors (Lipinski definition) is 3.